The van der Waals surface area contributed by atoms with E-state index in [0.29, 0.717) is 12.2 Å². The Labute approximate surface area is 145 Å². The van der Waals surface area contributed by atoms with E-state index in [4.69, 9.17) is 5.10 Å². The molecule has 2 aromatic carbocycles. The maximum absolute atomic E-state index is 14.3. The van der Waals surface area contributed by atoms with Crippen LogP contribution in [0.15, 0.2) is 47.6 Å². The number of hydrogen-bond donors (Lipinski definition) is 1. The van der Waals surface area contributed by atoms with Gasteiger partial charge in [-0.3, -0.25) is 5.01 Å². The van der Waals surface area contributed by atoms with Crippen molar-refractivity contribution in [2.75, 3.05) is 31.2 Å². The zero-order chi connectivity index (χ0) is 17.2. The molecule has 0 spiro atoms. The van der Waals surface area contributed by atoms with Crippen molar-refractivity contribution in [1.82, 2.24) is 10.2 Å². The molecule has 6 heteroatoms. The summed E-state index contributed by atoms with van der Waals surface area (Å²) in [5, 5.41) is 9.75. The summed E-state index contributed by atoms with van der Waals surface area (Å²) in [7, 11) is 0. The molecule has 0 atom stereocenters. The number of rotatable bonds is 1. The van der Waals surface area contributed by atoms with E-state index in [1.165, 1.54) is 12.1 Å². The summed E-state index contributed by atoms with van der Waals surface area (Å²) < 4.78 is 27.5. The van der Waals surface area contributed by atoms with Gasteiger partial charge in [0.2, 0.25) is 0 Å². The van der Waals surface area contributed by atoms with E-state index in [1.54, 1.807) is 5.01 Å². The van der Waals surface area contributed by atoms with Crippen LogP contribution in [0.5, 0.6) is 0 Å². The minimum atomic E-state index is -0.597. The Morgan fingerprint density at radius 1 is 1.00 bits per heavy atom. The lowest BCUT2D eigenvalue weighted by Gasteiger charge is -2.33. The van der Waals surface area contributed by atoms with Crippen LogP contribution in [0.4, 0.5) is 14.5 Å². The second-order valence-corrected chi connectivity index (χ2v) is 6.32. The van der Waals surface area contributed by atoms with Gasteiger partial charge >= 0.3 is 0 Å². The van der Waals surface area contributed by atoms with Gasteiger partial charge in [0.25, 0.3) is 0 Å². The summed E-state index contributed by atoms with van der Waals surface area (Å²) in [4.78, 5) is 2.24. The Bertz CT molecular complexity index is 798. The molecule has 0 aromatic heterocycles. The molecule has 2 aliphatic rings. The minimum absolute atomic E-state index is 0.293. The molecule has 25 heavy (non-hydrogen) atoms. The standard InChI is InChI=1S/C19H20F2N4/c20-15-6-7-18(17(21)12-15)25-13-14-4-1-2-5-16(14)19(23-25)24-10-3-8-22-9-11-24/h1-2,4-7,12,22H,3,8-11,13H2. The van der Waals surface area contributed by atoms with Gasteiger partial charge < -0.3 is 10.2 Å². The predicted molar refractivity (Wildman–Crippen MR) is 94.6 cm³/mol. The third-order valence-corrected chi connectivity index (χ3v) is 4.62. The van der Waals surface area contributed by atoms with Crippen molar-refractivity contribution < 1.29 is 8.78 Å². The van der Waals surface area contributed by atoms with Gasteiger partial charge in [-0.25, -0.2) is 8.78 Å². The van der Waals surface area contributed by atoms with Crippen molar-refractivity contribution in [2.45, 2.75) is 13.0 Å². The molecule has 1 fully saturated rings. The maximum atomic E-state index is 14.3. The highest BCUT2D eigenvalue weighted by atomic mass is 19.1. The molecule has 0 unspecified atom stereocenters. The van der Waals surface area contributed by atoms with Crippen molar-refractivity contribution in [3.05, 3.63) is 65.2 Å². The Morgan fingerprint density at radius 3 is 2.76 bits per heavy atom. The van der Waals surface area contributed by atoms with E-state index in [-0.39, 0.29) is 0 Å². The van der Waals surface area contributed by atoms with Crippen molar-refractivity contribution in [3.8, 4) is 0 Å². The van der Waals surface area contributed by atoms with Crippen molar-refractivity contribution in [3.63, 3.8) is 0 Å². The maximum Gasteiger partial charge on any atom is 0.156 e. The van der Waals surface area contributed by atoms with Crippen molar-refractivity contribution in [1.29, 1.82) is 0 Å². The van der Waals surface area contributed by atoms with Gasteiger partial charge in [0, 0.05) is 31.3 Å². The first-order chi connectivity index (χ1) is 12.2. The summed E-state index contributed by atoms with van der Waals surface area (Å²) in [6.07, 6.45) is 1.03. The number of hydrogen-bond acceptors (Lipinski definition) is 4. The smallest absolute Gasteiger partial charge is 0.156 e. The van der Waals surface area contributed by atoms with Crippen LogP contribution in [0.2, 0.25) is 0 Å². The summed E-state index contributed by atoms with van der Waals surface area (Å²) in [6, 6.07) is 11.7. The fourth-order valence-corrected chi connectivity index (χ4v) is 3.36. The van der Waals surface area contributed by atoms with Gasteiger partial charge in [-0.15, -0.1) is 0 Å². The average molecular weight is 342 g/mol. The largest absolute Gasteiger partial charge is 0.353 e. The van der Waals surface area contributed by atoms with E-state index in [9.17, 15) is 8.78 Å². The van der Waals surface area contributed by atoms with Crippen LogP contribution in [0.3, 0.4) is 0 Å². The molecule has 0 aliphatic carbocycles. The monoisotopic (exact) mass is 342 g/mol. The third kappa shape index (κ3) is 3.22. The molecule has 2 aliphatic heterocycles. The molecule has 1 N–H and O–H groups in total. The number of amidine groups is 1. The van der Waals surface area contributed by atoms with Gasteiger partial charge in [0.05, 0.1) is 12.2 Å². The molecule has 1 saturated heterocycles. The quantitative estimate of drug-likeness (QED) is 0.864. The van der Waals surface area contributed by atoms with Gasteiger partial charge in [-0.2, -0.15) is 5.10 Å². The van der Waals surface area contributed by atoms with Crippen LogP contribution < -0.4 is 10.3 Å². The SMILES string of the molecule is Fc1ccc(N2Cc3ccccc3C(N3CCCNCC3)=N2)c(F)c1. The first-order valence-electron chi connectivity index (χ1n) is 8.57. The highest BCUT2D eigenvalue weighted by Gasteiger charge is 2.25. The van der Waals surface area contributed by atoms with Crippen LogP contribution in [0, 0.1) is 11.6 Å². The third-order valence-electron chi connectivity index (χ3n) is 4.62. The summed E-state index contributed by atoms with van der Waals surface area (Å²) in [5.41, 5.74) is 2.47. The zero-order valence-corrected chi connectivity index (χ0v) is 13.9. The molecule has 2 heterocycles. The highest BCUT2D eigenvalue weighted by molar-refractivity contribution is 6.01. The second kappa shape index (κ2) is 6.80. The normalized spacial score (nSPS) is 17.8. The van der Waals surface area contributed by atoms with E-state index in [1.807, 2.05) is 18.2 Å². The number of halogens is 2. The summed E-state index contributed by atoms with van der Waals surface area (Å²) in [5.74, 6) is -0.323. The lowest BCUT2D eigenvalue weighted by molar-refractivity contribution is 0.442. The van der Waals surface area contributed by atoms with Crippen LogP contribution in [-0.2, 0) is 6.54 Å². The van der Waals surface area contributed by atoms with Crippen LogP contribution >= 0.6 is 0 Å². The predicted octanol–water partition coefficient (Wildman–Crippen LogP) is 2.94. The van der Waals surface area contributed by atoms with Gasteiger partial charge in [-0.05, 0) is 30.7 Å². The Morgan fingerprint density at radius 2 is 1.88 bits per heavy atom. The second-order valence-electron chi connectivity index (χ2n) is 6.32. The number of hydrazone groups is 1. The van der Waals surface area contributed by atoms with E-state index < -0.39 is 11.6 Å². The first-order valence-corrected chi connectivity index (χ1v) is 8.57. The van der Waals surface area contributed by atoms with Crippen LogP contribution in [0.1, 0.15) is 17.5 Å². The molecule has 0 amide bonds. The van der Waals surface area contributed by atoms with Crippen molar-refractivity contribution in [2.24, 2.45) is 5.10 Å². The van der Waals surface area contributed by atoms with E-state index in [2.05, 4.69) is 16.3 Å². The average Bonchev–Trinajstić information content (AvgIpc) is 2.90. The van der Waals surface area contributed by atoms with Crippen molar-refractivity contribution >= 4 is 11.5 Å². The lowest BCUT2D eigenvalue weighted by Crippen LogP contribution is -2.40. The fourth-order valence-electron chi connectivity index (χ4n) is 3.36. The van der Waals surface area contributed by atoms with Crippen LogP contribution in [-0.4, -0.2) is 36.9 Å². The topological polar surface area (TPSA) is 30.9 Å². The number of nitrogens with one attached hydrogen (secondary N) is 1. The van der Waals surface area contributed by atoms with Crippen LogP contribution in [0.25, 0.3) is 0 Å². The molecule has 0 bridgehead atoms. The number of anilines is 1. The molecule has 0 saturated carbocycles. The Kier molecular flexibility index (Phi) is 4.36. The molecule has 2 aromatic rings. The van der Waals surface area contributed by atoms with Gasteiger partial charge in [0.1, 0.15) is 5.82 Å². The van der Waals surface area contributed by atoms with E-state index in [0.717, 1.165) is 55.6 Å². The number of nitrogens with zero attached hydrogens (tertiary/aromatic N) is 3. The van der Waals surface area contributed by atoms with Gasteiger partial charge in [0.15, 0.2) is 11.7 Å². The fraction of sp³-hybridized carbons (Fsp3) is 0.316. The Balaban J connectivity index is 1.76. The lowest BCUT2D eigenvalue weighted by atomic mass is 10.0. The molecule has 130 valence electrons. The molecule has 4 rings (SSSR count). The summed E-state index contributed by atoms with van der Waals surface area (Å²) >= 11 is 0. The summed E-state index contributed by atoms with van der Waals surface area (Å²) in [6.45, 7) is 4.11. The van der Waals surface area contributed by atoms with E-state index >= 15 is 0 Å². The minimum Gasteiger partial charge on any atom is -0.353 e. The zero-order valence-electron chi connectivity index (χ0n) is 13.9. The Hall–Kier alpha value is -2.47. The molecule has 4 nitrogen and oxygen atoms in total. The number of fused-ring (bicyclic) bond motifs is 1. The van der Waals surface area contributed by atoms with Gasteiger partial charge in [-0.1, -0.05) is 24.3 Å². The molecular weight excluding hydrogens is 322 g/mol. The molecule has 0 radical (unpaired) electrons. The first kappa shape index (κ1) is 16.0. The highest BCUT2D eigenvalue weighted by Crippen LogP contribution is 2.28. The number of benzene rings is 2. The molecular formula is C19H20F2N4.